The molecule has 2 aliphatic heterocycles. The molecule has 1 saturated heterocycles. The molecule has 0 radical (unpaired) electrons. The standard InChI is InChI=1S/C24H25N3O3S/c28-24(19-8-9-21-22(11-19)30-16-29-21)25-12-17-5-4-10-27(13-17)14-23-26-20(15-31-23)18-6-2-1-3-7-18/h1-3,6-9,11,15,17H,4-5,10,12-14,16H2,(H,25,28). The zero-order valence-electron chi connectivity index (χ0n) is 17.3. The largest absolute Gasteiger partial charge is 0.454 e. The van der Waals surface area contributed by atoms with Crippen LogP contribution in [0.5, 0.6) is 11.5 Å². The van der Waals surface area contributed by atoms with Gasteiger partial charge in [0.15, 0.2) is 11.5 Å². The molecule has 0 spiro atoms. The third kappa shape index (κ3) is 4.73. The van der Waals surface area contributed by atoms with Gasteiger partial charge in [-0.1, -0.05) is 30.3 Å². The van der Waals surface area contributed by atoms with Crippen molar-refractivity contribution in [1.82, 2.24) is 15.2 Å². The van der Waals surface area contributed by atoms with Crippen molar-refractivity contribution in [3.63, 3.8) is 0 Å². The molecule has 2 aliphatic rings. The van der Waals surface area contributed by atoms with Crippen LogP contribution in [0.1, 0.15) is 28.2 Å². The number of fused-ring (bicyclic) bond motifs is 1. The van der Waals surface area contributed by atoms with E-state index in [-0.39, 0.29) is 12.7 Å². The summed E-state index contributed by atoms with van der Waals surface area (Å²) in [6, 6.07) is 15.6. The topological polar surface area (TPSA) is 63.7 Å². The monoisotopic (exact) mass is 435 g/mol. The number of hydrogen-bond acceptors (Lipinski definition) is 6. The summed E-state index contributed by atoms with van der Waals surface area (Å²) in [5, 5.41) is 6.37. The molecule has 1 unspecified atom stereocenters. The number of carbonyl (C=O) groups is 1. The zero-order valence-corrected chi connectivity index (χ0v) is 18.1. The van der Waals surface area contributed by atoms with Crippen LogP contribution < -0.4 is 14.8 Å². The summed E-state index contributed by atoms with van der Waals surface area (Å²) < 4.78 is 10.7. The van der Waals surface area contributed by atoms with E-state index in [9.17, 15) is 4.79 Å². The number of thiazole rings is 1. The maximum Gasteiger partial charge on any atom is 0.251 e. The van der Waals surface area contributed by atoms with Gasteiger partial charge in [-0.05, 0) is 43.5 Å². The lowest BCUT2D eigenvalue weighted by Crippen LogP contribution is -2.40. The van der Waals surface area contributed by atoms with Crippen LogP contribution in [0, 0.1) is 5.92 Å². The molecular formula is C24H25N3O3S. The van der Waals surface area contributed by atoms with Crippen molar-refractivity contribution in [2.24, 2.45) is 5.92 Å². The van der Waals surface area contributed by atoms with E-state index < -0.39 is 0 Å². The van der Waals surface area contributed by atoms with Crippen LogP contribution >= 0.6 is 11.3 Å². The van der Waals surface area contributed by atoms with Crippen LogP contribution in [-0.4, -0.2) is 42.2 Å². The fourth-order valence-electron chi connectivity index (χ4n) is 4.15. The first-order valence-electron chi connectivity index (χ1n) is 10.6. The zero-order chi connectivity index (χ0) is 21.0. The average Bonchev–Trinajstić information content (AvgIpc) is 3.47. The maximum atomic E-state index is 12.6. The Hall–Kier alpha value is -2.90. The number of likely N-dealkylation sites (tertiary alicyclic amines) is 1. The lowest BCUT2D eigenvalue weighted by Gasteiger charge is -2.32. The first kappa shape index (κ1) is 20.0. The van der Waals surface area contributed by atoms with E-state index in [1.54, 1.807) is 29.5 Å². The highest BCUT2D eigenvalue weighted by molar-refractivity contribution is 7.09. The van der Waals surface area contributed by atoms with Gasteiger partial charge in [-0.2, -0.15) is 0 Å². The van der Waals surface area contributed by atoms with Crippen LogP contribution in [0.4, 0.5) is 0 Å². The third-order valence-corrected chi connectivity index (χ3v) is 6.60. The number of nitrogens with one attached hydrogen (secondary N) is 1. The molecule has 160 valence electrons. The van der Waals surface area contributed by atoms with Crippen LogP contribution in [-0.2, 0) is 6.54 Å². The van der Waals surface area contributed by atoms with Crippen molar-refractivity contribution in [3.05, 3.63) is 64.5 Å². The fourth-order valence-corrected chi connectivity index (χ4v) is 5.00. The first-order chi connectivity index (χ1) is 15.2. The predicted octanol–water partition coefficient (Wildman–Crippen LogP) is 4.18. The molecule has 5 rings (SSSR count). The molecule has 3 aromatic rings. The van der Waals surface area contributed by atoms with Crippen LogP contribution in [0.2, 0.25) is 0 Å². The van der Waals surface area contributed by atoms with E-state index in [0.717, 1.165) is 48.7 Å². The Morgan fingerprint density at radius 1 is 1.16 bits per heavy atom. The summed E-state index contributed by atoms with van der Waals surface area (Å²) in [4.78, 5) is 19.8. The quantitative estimate of drug-likeness (QED) is 0.629. The molecular weight excluding hydrogens is 410 g/mol. The minimum Gasteiger partial charge on any atom is -0.454 e. The summed E-state index contributed by atoms with van der Waals surface area (Å²) in [6.45, 7) is 3.81. The van der Waals surface area contributed by atoms with Gasteiger partial charge in [0.2, 0.25) is 6.79 Å². The van der Waals surface area contributed by atoms with Gasteiger partial charge in [0, 0.05) is 29.6 Å². The van der Waals surface area contributed by atoms with E-state index in [4.69, 9.17) is 14.5 Å². The highest BCUT2D eigenvalue weighted by atomic mass is 32.1. The van der Waals surface area contributed by atoms with Gasteiger partial charge in [0.1, 0.15) is 5.01 Å². The van der Waals surface area contributed by atoms with Crippen molar-refractivity contribution in [2.75, 3.05) is 26.4 Å². The van der Waals surface area contributed by atoms with Gasteiger partial charge in [-0.25, -0.2) is 4.98 Å². The molecule has 1 fully saturated rings. The van der Waals surface area contributed by atoms with Gasteiger partial charge in [0.05, 0.1) is 12.2 Å². The number of nitrogens with zero attached hydrogens (tertiary/aromatic N) is 2. The Kier molecular flexibility index (Phi) is 5.86. The van der Waals surface area contributed by atoms with Gasteiger partial charge < -0.3 is 14.8 Å². The molecule has 2 aromatic carbocycles. The fraction of sp³-hybridized carbons (Fsp3) is 0.333. The highest BCUT2D eigenvalue weighted by Gasteiger charge is 2.22. The second kappa shape index (κ2) is 9.08. The average molecular weight is 436 g/mol. The van der Waals surface area contributed by atoms with E-state index in [2.05, 4.69) is 27.7 Å². The normalized spacial score (nSPS) is 18.1. The number of rotatable bonds is 6. The van der Waals surface area contributed by atoms with E-state index in [0.29, 0.717) is 29.5 Å². The summed E-state index contributed by atoms with van der Waals surface area (Å²) >= 11 is 1.72. The molecule has 0 saturated carbocycles. The van der Waals surface area contributed by atoms with Crippen molar-refractivity contribution < 1.29 is 14.3 Å². The number of aromatic nitrogens is 1. The molecule has 1 atom stereocenters. The number of ether oxygens (including phenoxy) is 2. The van der Waals surface area contributed by atoms with E-state index in [1.165, 1.54) is 0 Å². The highest BCUT2D eigenvalue weighted by Crippen LogP contribution is 2.32. The van der Waals surface area contributed by atoms with Crippen molar-refractivity contribution in [3.8, 4) is 22.8 Å². The van der Waals surface area contributed by atoms with Gasteiger partial charge in [0.25, 0.3) is 5.91 Å². The first-order valence-corrected chi connectivity index (χ1v) is 11.5. The Morgan fingerprint density at radius 2 is 2.03 bits per heavy atom. The van der Waals surface area contributed by atoms with Gasteiger partial charge >= 0.3 is 0 Å². The SMILES string of the molecule is O=C(NCC1CCCN(Cc2nc(-c3ccccc3)cs2)C1)c1ccc2c(c1)OCO2. The van der Waals surface area contributed by atoms with Crippen LogP contribution in [0.3, 0.4) is 0 Å². The van der Waals surface area contributed by atoms with E-state index in [1.807, 2.05) is 18.2 Å². The van der Waals surface area contributed by atoms with E-state index >= 15 is 0 Å². The number of benzene rings is 2. The molecule has 1 aromatic heterocycles. The molecule has 1 amide bonds. The van der Waals surface area contributed by atoms with Gasteiger partial charge in [-0.15, -0.1) is 11.3 Å². The Balaban J connectivity index is 1.14. The lowest BCUT2D eigenvalue weighted by molar-refractivity contribution is 0.0930. The van der Waals surface area contributed by atoms with Crippen LogP contribution in [0.15, 0.2) is 53.9 Å². The number of amides is 1. The smallest absolute Gasteiger partial charge is 0.251 e. The summed E-state index contributed by atoms with van der Waals surface area (Å²) in [6.07, 6.45) is 2.27. The molecule has 6 nitrogen and oxygen atoms in total. The molecule has 7 heteroatoms. The molecule has 3 heterocycles. The second-order valence-electron chi connectivity index (χ2n) is 8.01. The molecule has 31 heavy (non-hydrogen) atoms. The minimum absolute atomic E-state index is 0.0668. The Labute approximate surface area is 185 Å². The lowest BCUT2D eigenvalue weighted by atomic mass is 9.98. The van der Waals surface area contributed by atoms with Gasteiger partial charge in [-0.3, -0.25) is 9.69 Å². The Morgan fingerprint density at radius 3 is 2.94 bits per heavy atom. The van der Waals surface area contributed by atoms with Crippen molar-refractivity contribution >= 4 is 17.2 Å². The molecule has 0 aliphatic carbocycles. The summed E-state index contributed by atoms with van der Waals surface area (Å²) in [7, 11) is 0. The number of piperidine rings is 1. The maximum absolute atomic E-state index is 12.6. The molecule has 1 N–H and O–H groups in total. The summed E-state index contributed by atoms with van der Waals surface area (Å²) in [5.74, 6) is 1.70. The van der Waals surface area contributed by atoms with Crippen molar-refractivity contribution in [2.45, 2.75) is 19.4 Å². The third-order valence-electron chi connectivity index (χ3n) is 5.77. The van der Waals surface area contributed by atoms with Crippen LogP contribution in [0.25, 0.3) is 11.3 Å². The number of hydrogen-bond donors (Lipinski definition) is 1. The second-order valence-corrected chi connectivity index (χ2v) is 8.96. The van der Waals surface area contributed by atoms with Crippen molar-refractivity contribution in [1.29, 1.82) is 0 Å². The summed E-state index contributed by atoms with van der Waals surface area (Å²) in [5.41, 5.74) is 2.81. The Bertz CT molecular complexity index is 1050. The predicted molar refractivity (Wildman–Crippen MR) is 120 cm³/mol. The molecule has 0 bridgehead atoms. The number of carbonyl (C=O) groups excluding carboxylic acids is 1. The minimum atomic E-state index is -0.0668.